The number of carbonyl (C=O) groups excluding carboxylic acids is 2. The van der Waals surface area contributed by atoms with Crippen LogP contribution in [0.3, 0.4) is 0 Å². The van der Waals surface area contributed by atoms with Gasteiger partial charge in [0.05, 0.1) is 11.6 Å². The first kappa shape index (κ1) is 24.9. The Labute approximate surface area is 194 Å². The highest BCUT2D eigenvalue weighted by molar-refractivity contribution is 6.32. The van der Waals surface area contributed by atoms with Crippen LogP contribution in [0.15, 0.2) is 36.4 Å². The molecular weight excluding hydrogens is 456 g/mol. The molecule has 0 radical (unpaired) electrons. The number of amides is 2. The lowest BCUT2D eigenvalue weighted by molar-refractivity contribution is -0.277. The van der Waals surface area contributed by atoms with Crippen LogP contribution in [0.25, 0.3) is 11.1 Å². The lowest BCUT2D eigenvalue weighted by Crippen LogP contribution is -2.60. The van der Waals surface area contributed by atoms with E-state index in [4.69, 9.17) is 26.8 Å². The maximum Gasteiger partial charge on any atom is 0.253 e. The summed E-state index contributed by atoms with van der Waals surface area (Å²) < 4.78 is 10.9. The van der Waals surface area contributed by atoms with Crippen LogP contribution < -0.4 is 10.5 Å². The Hall–Kier alpha value is -2.73. The Morgan fingerprint density at radius 1 is 1.03 bits per heavy atom. The first-order valence-electron chi connectivity index (χ1n) is 9.97. The zero-order valence-electron chi connectivity index (χ0n) is 17.9. The molecule has 1 saturated heterocycles. The number of aliphatic hydroxyl groups excluding tert-OH is 4. The maximum atomic E-state index is 12.4. The average molecular weight is 481 g/mol. The molecular formula is C22H25ClN2O8. The van der Waals surface area contributed by atoms with E-state index in [0.29, 0.717) is 11.1 Å². The molecule has 1 fully saturated rings. The number of hydrogen-bond acceptors (Lipinski definition) is 8. The summed E-state index contributed by atoms with van der Waals surface area (Å²) in [6.45, 7) is -0.596. The van der Waals surface area contributed by atoms with Gasteiger partial charge in [-0.2, -0.15) is 0 Å². The molecule has 2 aromatic carbocycles. The van der Waals surface area contributed by atoms with Gasteiger partial charge in [0.15, 0.2) is 0 Å². The van der Waals surface area contributed by atoms with Crippen LogP contribution in [-0.4, -0.2) is 88.5 Å². The summed E-state index contributed by atoms with van der Waals surface area (Å²) in [5.74, 6) is -0.910. The highest BCUT2D eigenvalue weighted by Crippen LogP contribution is 2.34. The number of carbonyl (C=O) groups is 2. The van der Waals surface area contributed by atoms with Crippen LogP contribution in [0.2, 0.25) is 5.02 Å². The molecule has 1 heterocycles. The van der Waals surface area contributed by atoms with Crippen molar-refractivity contribution < 1.29 is 39.5 Å². The third kappa shape index (κ3) is 5.27. The Morgan fingerprint density at radius 3 is 2.27 bits per heavy atom. The Morgan fingerprint density at radius 2 is 1.70 bits per heavy atom. The fraction of sp³-hybridized carbons (Fsp3) is 0.364. The van der Waals surface area contributed by atoms with Crippen LogP contribution in [0.1, 0.15) is 20.7 Å². The van der Waals surface area contributed by atoms with Gasteiger partial charge in [0.2, 0.25) is 12.2 Å². The second-order valence-corrected chi connectivity index (χ2v) is 8.23. The number of primary amides is 1. The highest BCUT2D eigenvalue weighted by atomic mass is 35.5. The normalized spacial score (nSPS) is 24.9. The van der Waals surface area contributed by atoms with Gasteiger partial charge < -0.3 is 40.5 Å². The molecule has 0 bridgehead atoms. The summed E-state index contributed by atoms with van der Waals surface area (Å²) in [6.07, 6.45) is -7.23. The zero-order valence-corrected chi connectivity index (χ0v) is 18.6. The standard InChI is InChI=1S/C22H25ClN2O8/c1-25(2)21(31)13-6-11(5-12(7-13)20(24)30)10-3-4-15(14(23)8-10)32-22-19(29)18(28)17(27)16(9-26)33-22/h3-8,16-19,22,26-29H,9H2,1-2H3,(H2,24,30)/t16-,17-,18+,19+,22+/m1/s1. The quantitative estimate of drug-likeness (QED) is 0.385. The molecule has 0 spiro atoms. The molecule has 178 valence electrons. The molecule has 6 N–H and O–H groups in total. The minimum atomic E-state index is -1.59. The van der Waals surface area contributed by atoms with Crippen molar-refractivity contribution in [2.75, 3.05) is 20.7 Å². The van der Waals surface area contributed by atoms with Crippen LogP contribution >= 0.6 is 11.6 Å². The number of nitrogens with zero attached hydrogens (tertiary/aromatic N) is 1. The van der Waals surface area contributed by atoms with E-state index in [0.717, 1.165) is 0 Å². The molecule has 2 amide bonds. The van der Waals surface area contributed by atoms with E-state index in [-0.39, 0.29) is 27.8 Å². The number of aliphatic hydroxyl groups is 4. The van der Waals surface area contributed by atoms with E-state index in [1.807, 2.05) is 0 Å². The SMILES string of the molecule is CN(C)C(=O)c1cc(C(N)=O)cc(-c2ccc(O[C@H]3O[C@H](CO)[C@@H](O)[C@H](O)[C@@H]3O)c(Cl)c2)c1. The molecule has 2 aromatic rings. The van der Waals surface area contributed by atoms with Gasteiger partial charge in [-0.3, -0.25) is 9.59 Å². The van der Waals surface area contributed by atoms with Crippen LogP contribution in [0.5, 0.6) is 5.75 Å². The second-order valence-electron chi connectivity index (χ2n) is 7.82. The van der Waals surface area contributed by atoms with Gasteiger partial charge in [0.25, 0.3) is 5.91 Å². The van der Waals surface area contributed by atoms with Gasteiger partial charge in [0, 0.05) is 25.2 Å². The Balaban J connectivity index is 1.91. The lowest BCUT2D eigenvalue weighted by atomic mass is 9.98. The number of halogens is 1. The second kappa shape index (κ2) is 10.0. The van der Waals surface area contributed by atoms with Crippen molar-refractivity contribution in [1.29, 1.82) is 0 Å². The lowest BCUT2D eigenvalue weighted by Gasteiger charge is -2.39. The van der Waals surface area contributed by atoms with Crippen molar-refractivity contribution in [3.63, 3.8) is 0 Å². The monoisotopic (exact) mass is 480 g/mol. The fourth-order valence-electron chi connectivity index (χ4n) is 3.38. The molecule has 0 aromatic heterocycles. The molecule has 10 nitrogen and oxygen atoms in total. The molecule has 0 aliphatic carbocycles. The van der Waals surface area contributed by atoms with Crippen molar-refractivity contribution >= 4 is 23.4 Å². The average Bonchev–Trinajstić information content (AvgIpc) is 2.79. The van der Waals surface area contributed by atoms with E-state index in [9.17, 15) is 30.0 Å². The van der Waals surface area contributed by atoms with E-state index in [1.54, 1.807) is 26.2 Å². The van der Waals surface area contributed by atoms with E-state index in [1.165, 1.54) is 29.2 Å². The van der Waals surface area contributed by atoms with Crippen LogP contribution in [0.4, 0.5) is 0 Å². The fourth-order valence-corrected chi connectivity index (χ4v) is 3.61. The van der Waals surface area contributed by atoms with Crippen molar-refractivity contribution in [1.82, 2.24) is 4.90 Å². The first-order chi connectivity index (χ1) is 15.5. The minimum absolute atomic E-state index is 0.0976. The van der Waals surface area contributed by atoms with Crippen molar-refractivity contribution in [2.24, 2.45) is 5.73 Å². The van der Waals surface area contributed by atoms with Gasteiger partial charge in [0.1, 0.15) is 30.2 Å². The van der Waals surface area contributed by atoms with E-state index < -0.39 is 43.2 Å². The molecule has 5 atom stereocenters. The molecule has 0 unspecified atom stereocenters. The molecule has 3 rings (SSSR count). The Kier molecular flexibility index (Phi) is 7.58. The summed E-state index contributed by atoms with van der Waals surface area (Å²) in [6, 6.07) is 9.13. The topological polar surface area (TPSA) is 163 Å². The van der Waals surface area contributed by atoms with Gasteiger partial charge in [-0.05, 0) is 41.5 Å². The smallest absolute Gasteiger partial charge is 0.253 e. The van der Waals surface area contributed by atoms with E-state index in [2.05, 4.69) is 0 Å². The summed E-state index contributed by atoms with van der Waals surface area (Å²) in [7, 11) is 3.17. The predicted octanol–water partition coefficient (Wildman–Crippen LogP) is -0.0136. The number of ether oxygens (including phenoxy) is 2. The third-order valence-corrected chi connectivity index (χ3v) is 5.52. The summed E-state index contributed by atoms with van der Waals surface area (Å²) in [5, 5.41) is 39.4. The summed E-state index contributed by atoms with van der Waals surface area (Å²) >= 11 is 6.35. The van der Waals surface area contributed by atoms with Gasteiger partial charge in [-0.15, -0.1) is 0 Å². The van der Waals surface area contributed by atoms with Gasteiger partial charge in [-0.1, -0.05) is 17.7 Å². The molecule has 1 aliphatic heterocycles. The molecule has 0 saturated carbocycles. The number of benzene rings is 2. The number of hydrogen-bond donors (Lipinski definition) is 5. The maximum absolute atomic E-state index is 12.4. The summed E-state index contributed by atoms with van der Waals surface area (Å²) in [5.41, 5.74) is 6.90. The third-order valence-electron chi connectivity index (χ3n) is 5.23. The first-order valence-corrected chi connectivity index (χ1v) is 10.3. The van der Waals surface area contributed by atoms with Crippen molar-refractivity contribution in [3.8, 4) is 16.9 Å². The van der Waals surface area contributed by atoms with E-state index >= 15 is 0 Å². The summed E-state index contributed by atoms with van der Waals surface area (Å²) in [4.78, 5) is 25.5. The minimum Gasteiger partial charge on any atom is -0.460 e. The highest BCUT2D eigenvalue weighted by Gasteiger charge is 2.44. The predicted molar refractivity (Wildman–Crippen MR) is 118 cm³/mol. The molecule has 33 heavy (non-hydrogen) atoms. The molecule has 11 heteroatoms. The largest absolute Gasteiger partial charge is 0.460 e. The number of rotatable bonds is 6. The van der Waals surface area contributed by atoms with Crippen LogP contribution in [-0.2, 0) is 4.74 Å². The van der Waals surface area contributed by atoms with Gasteiger partial charge >= 0.3 is 0 Å². The van der Waals surface area contributed by atoms with Crippen molar-refractivity contribution in [2.45, 2.75) is 30.7 Å². The van der Waals surface area contributed by atoms with Gasteiger partial charge in [-0.25, -0.2) is 0 Å². The Bertz CT molecular complexity index is 1050. The molecule has 1 aliphatic rings. The van der Waals surface area contributed by atoms with Crippen LogP contribution in [0, 0.1) is 0 Å². The van der Waals surface area contributed by atoms with Crippen molar-refractivity contribution in [3.05, 3.63) is 52.5 Å². The zero-order chi connectivity index (χ0) is 24.4. The number of nitrogens with two attached hydrogens (primary N) is 1.